The second kappa shape index (κ2) is 5.64. The van der Waals surface area contributed by atoms with E-state index in [2.05, 4.69) is 4.72 Å². The number of hydrogen-bond acceptors (Lipinski definition) is 3. The van der Waals surface area contributed by atoms with Crippen molar-refractivity contribution in [3.8, 4) is 0 Å². The minimum absolute atomic E-state index is 0.265. The van der Waals surface area contributed by atoms with Gasteiger partial charge in [0.2, 0.25) is 0 Å². The molecule has 3 N–H and O–H groups in total. The SMILES string of the molecule is Cc1ccc(NS(=O)(=O)c2cccc(CN)c2C)cc1. The van der Waals surface area contributed by atoms with E-state index >= 15 is 0 Å². The van der Waals surface area contributed by atoms with E-state index in [-0.39, 0.29) is 4.90 Å². The lowest BCUT2D eigenvalue weighted by molar-refractivity contribution is 0.600. The molecule has 0 aliphatic carbocycles. The second-order valence-corrected chi connectivity index (χ2v) is 6.37. The second-order valence-electron chi connectivity index (χ2n) is 4.72. The van der Waals surface area contributed by atoms with Gasteiger partial charge in [0.25, 0.3) is 10.0 Å². The Kier molecular flexibility index (Phi) is 4.11. The van der Waals surface area contributed by atoms with Crippen LogP contribution in [-0.4, -0.2) is 8.42 Å². The number of nitrogens with two attached hydrogens (primary N) is 1. The zero-order valence-corrected chi connectivity index (χ0v) is 12.4. The number of nitrogens with one attached hydrogen (secondary N) is 1. The van der Waals surface area contributed by atoms with Crippen molar-refractivity contribution in [2.75, 3.05) is 4.72 Å². The summed E-state index contributed by atoms with van der Waals surface area (Å²) < 4.78 is 27.4. The predicted octanol–water partition coefficient (Wildman–Crippen LogP) is 2.56. The van der Waals surface area contributed by atoms with Gasteiger partial charge in [-0.1, -0.05) is 29.8 Å². The molecule has 0 amide bonds. The Morgan fingerprint density at radius 2 is 1.70 bits per heavy atom. The maximum absolute atomic E-state index is 12.4. The zero-order valence-electron chi connectivity index (χ0n) is 11.6. The fourth-order valence-corrected chi connectivity index (χ4v) is 3.35. The van der Waals surface area contributed by atoms with Crippen molar-refractivity contribution in [1.82, 2.24) is 0 Å². The molecule has 5 heteroatoms. The average molecular weight is 290 g/mol. The van der Waals surface area contributed by atoms with Crippen LogP contribution in [0.5, 0.6) is 0 Å². The highest BCUT2D eigenvalue weighted by Gasteiger charge is 2.18. The van der Waals surface area contributed by atoms with Gasteiger partial charge in [-0.15, -0.1) is 0 Å². The van der Waals surface area contributed by atoms with Crippen molar-refractivity contribution in [3.63, 3.8) is 0 Å². The number of rotatable bonds is 4. The van der Waals surface area contributed by atoms with Gasteiger partial charge in [0.1, 0.15) is 0 Å². The van der Waals surface area contributed by atoms with Gasteiger partial charge in [-0.3, -0.25) is 4.72 Å². The maximum Gasteiger partial charge on any atom is 0.262 e. The molecule has 2 aromatic rings. The zero-order chi connectivity index (χ0) is 14.8. The largest absolute Gasteiger partial charge is 0.326 e. The third kappa shape index (κ3) is 3.00. The molecule has 0 spiro atoms. The lowest BCUT2D eigenvalue weighted by Gasteiger charge is -2.12. The van der Waals surface area contributed by atoms with Gasteiger partial charge in [0, 0.05) is 12.2 Å². The molecule has 0 unspecified atom stereocenters. The summed E-state index contributed by atoms with van der Waals surface area (Å²) in [7, 11) is -3.60. The van der Waals surface area contributed by atoms with Gasteiger partial charge >= 0.3 is 0 Å². The molecule has 0 fully saturated rings. The van der Waals surface area contributed by atoms with Crippen LogP contribution in [0.2, 0.25) is 0 Å². The molecule has 0 atom stereocenters. The fourth-order valence-electron chi connectivity index (χ4n) is 2.00. The summed E-state index contributed by atoms with van der Waals surface area (Å²) in [5.74, 6) is 0. The first-order valence-corrected chi connectivity index (χ1v) is 7.80. The number of benzene rings is 2. The molecule has 0 aromatic heterocycles. The summed E-state index contributed by atoms with van der Waals surface area (Å²) in [5.41, 5.74) is 8.76. The molecule has 20 heavy (non-hydrogen) atoms. The lowest BCUT2D eigenvalue weighted by Crippen LogP contribution is -2.15. The Hall–Kier alpha value is -1.85. The molecular formula is C15H18N2O2S. The molecule has 0 aliphatic heterocycles. The summed E-state index contributed by atoms with van der Waals surface area (Å²) in [5, 5.41) is 0. The summed E-state index contributed by atoms with van der Waals surface area (Å²) in [4.78, 5) is 0.265. The topological polar surface area (TPSA) is 72.2 Å². The standard InChI is InChI=1S/C15H18N2O2S/c1-11-6-8-14(9-7-11)17-20(18,19)15-5-3-4-13(10-16)12(15)2/h3-9,17H,10,16H2,1-2H3. The van der Waals surface area contributed by atoms with Crippen molar-refractivity contribution in [2.24, 2.45) is 5.73 Å². The molecule has 0 bridgehead atoms. The van der Waals surface area contributed by atoms with Crippen molar-refractivity contribution in [2.45, 2.75) is 25.3 Å². The molecule has 4 nitrogen and oxygen atoms in total. The third-order valence-electron chi connectivity index (χ3n) is 3.21. The van der Waals surface area contributed by atoms with E-state index in [1.54, 1.807) is 31.2 Å². The highest BCUT2D eigenvalue weighted by atomic mass is 32.2. The van der Waals surface area contributed by atoms with Crippen LogP contribution in [0.1, 0.15) is 16.7 Å². The van der Waals surface area contributed by atoms with Crippen LogP contribution >= 0.6 is 0 Å². The summed E-state index contributed by atoms with van der Waals surface area (Å²) in [6.07, 6.45) is 0. The first-order valence-electron chi connectivity index (χ1n) is 6.32. The van der Waals surface area contributed by atoms with Crippen molar-refractivity contribution < 1.29 is 8.42 Å². The third-order valence-corrected chi connectivity index (χ3v) is 4.74. The minimum atomic E-state index is -3.60. The molecule has 2 rings (SSSR count). The van der Waals surface area contributed by atoms with Crippen LogP contribution in [-0.2, 0) is 16.6 Å². The molecule has 0 heterocycles. The van der Waals surface area contributed by atoms with E-state index < -0.39 is 10.0 Å². The van der Waals surface area contributed by atoms with Crippen LogP contribution in [0.15, 0.2) is 47.4 Å². The first-order chi connectivity index (χ1) is 9.44. The Labute approximate surface area is 119 Å². The van der Waals surface area contributed by atoms with E-state index in [9.17, 15) is 8.42 Å². The fraction of sp³-hybridized carbons (Fsp3) is 0.200. The van der Waals surface area contributed by atoms with Gasteiger partial charge in [-0.25, -0.2) is 8.42 Å². The van der Waals surface area contributed by atoms with Gasteiger partial charge in [0.05, 0.1) is 4.90 Å². The smallest absolute Gasteiger partial charge is 0.262 e. The molecule has 0 aliphatic rings. The van der Waals surface area contributed by atoms with E-state index in [4.69, 9.17) is 5.73 Å². The summed E-state index contributed by atoms with van der Waals surface area (Å²) in [6, 6.07) is 12.3. The van der Waals surface area contributed by atoms with Crippen LogP contribution < -0.4 is 10.5 Å². The Bertz CT molecular complexity index is 707. The van der Waals surface area contributed by atoms with E-state index in [0.717, 1.165) is 11.1 Å². The Morgan fingerprint density at radius 1 is 1.05 bits per heavy atom. The van der Waals surface area contributed by atoms with Gasteiger partial charge in [-0.2, -0.15) is 0 Å². The van der Waals surface area contributed by atoms with E-state index in [1.807, 2.05) is 25.1 Å². The Morgan fingerprint density at radius 3 is 2.30 bits per heavy atom. The average Bonchev–Trinajstić information content (AvgIpc) is 2.41. The normalized spacial score (nSPS) is 11.3. The first kappa shape index (κ1) is 14.6. The highest BCUT2D eigenvalue weighted by Crippen LogP contribution is 2.21. The monoisotopic (exact) mass is 290 g/mol. The van der Waals surface area contributed by atoms with Crippen molar-refractivity contribution in [1.29, 1.82) is 0 Å². The molecule has 106 valence electrons. The van der Waals surface area contributed by atoms with Crippen LogP contribution in [0.4, 0.5) is 5.69 Å². The number of anilines is 1. The molecule has 0 saturated heterocycles. The van der Waals surface area contributed by atoms with Crippen molar-refractivity contribution >= 4 is 15.7 Å². The maximum atomic E-state index is 12.4. The molecule has 2 aromatic carbocycles. The predicted molar refractivity (Wildman–Crippen MR) is 81.1 cm³/mol. The van der Waals surface area contributed by atoms with Crippen LogP contribution in [0.25, 0.3) is 0 Å². The molecular weight excluding hydrogens is 272 g/mol. The highest BCUT2D eigenvalue weighted by molar-refractivity contribution is 7.92. The minimum Gasteiger partial charge on any atom is -0.326 e. The lowest BCUT2D eigenvalue weighted by atomic mass is 10.1. The van der Waals surface area contributed by atoms with E-state index in [0.29, 0.717) is 17.8 Å². The molecule has 0 radical (unpaired) electrons. The number of hydrogen-bond donors (Lipinski definition) is 2. The van der Waals surface area contributed by atoms with Gasteiger partial charge in [-0.05, 0) is 43.2 Å². The van der Waals surface area contributed by atoms with Gasteiger partial charge < -0.3 is 5.73 Å². The van der Waals surface area contributed by atoms with Gasteiger partial charge in [0.15, 0.2) is 0 Å². The summed E-state index contributed by atoms with van der Waals surface area (Å²) >= 11 is 0. The quantitative estimate of drug-likeness (QED) is 0.909. The number of aryl methyl sites for hydroxylation is 1. The van der Waals surface area contributed by atoms with Crippen molar-refractivity contribution in [3.05, 3.63) is 59.2 Å². The van der Waals surface area contributed by atoms with Crippen LogP contribution in [0.3, 0.4) is 0 Å². The summed E-state index contributed by atoms with van der Waals surface area (Å²) in [6.45, 7) is 4.04. The Balaban J connectivity index is 2.38. The van der Waals surface area contributed by atoms with Crippen LogP contribution in [0, 0.1) is 13.8 Å². The number of sulfonamides is 1. The van der Waals surface area contributed by atoms with E-state index in [1.165, 1.54) is 0 Å². The molecule has 0 saturated carbocycles.